The summed E-state index contributed by atoms with van der Waals surface area (Å²) in [5, 5.41) is 0. The minimum absolute atomic E-state index is 0.0737. The predicted molar refractivity (Wildman–Crippen MR) is 70.8 cm³/mol. The molecule has 0 aliphatic carbocycles. The molecule has 6 nitrogen and oxygen atoms in total. The van der Waals surface area contributed by atoms with Gasteiger partial charge in [0.15, 0.2) is 6.10 Å². The second-order valence-corrected chi connectivity index (χ2v) is 3.29. The summed E-state index contributed by atoms with van der Waals surface area (Å²) in [4.78, 5) is 21.2. The molecule has 0 saturated heterocycles. The molecule has 0 fully saturated rings. The number of hydrogen-bond donors (Lipinski definition) is 0. The molecule has 0 amide bonds. The molecule has 0 bridgehead atoms. The molecule has 0 aromatic heterocycles. The van der Waals surface area contributed by atoms with Crippen LogP contribution in [0.4, 0.5) is 0 Å². The van der Waals surface area contributed by atoms with Crippen LogP contribution in [0.5, 0.6) is 0 Å². The molecule has 1 unspecified atom stereocenters. The van der Waals surface area contributed by atoms with Gasteiger partial charge in [0.25, 0.3) is 0 Å². The van der Waals surface area contributed by atoms with E-state index >= 15 is 0 Å². The van der Waals surface area contributed by atoms with Crippen molar-refractivity contribution in [3.63, 3.8) is 0 Å². The normalized spacial score (nSPS) is 11.0. The third-order valence-corrected chi connectivity index (χ3v) is 1.76. The first-order valence-corrected chi connectivity index (χ1v) is 6.54. The fourth-order valence-electron chi connectivity index (χ4n) is 0.966. The Kier molecular flexibility index (Phi) is 15.8. The molecule has 0 aromatic carbocycles. The van der Waals surface area contributed by atoms with Crippen LogP contribution in [0.2, 0.25) is 0 Å². The molecule has 0 aliphatic heterocycles. The van der Waals surface area contributed by atoms with Gasteiger partial charge in [-0.15, -0.1) is 0 Å². The fraction of sp³-hybridized carbons (Fsp3) is 0.846. The molecular weight excluding hydrogens is 252 g/mol. The first kappa shape index (κ1) is 20.2. The van der Waals surface area contributed by atoms with E-state index in [0.29, 0.717) is 26.4 Å². The lowest BCUT2D eigenvalue weighted by Crippen LogP contribution is -2.23. The molecule has 0 N–H and O–H groups in total. The van der Waals surface area contributed by atoms with Gasteiger partial charge in [-0.05, 0) is 34.6 Å². The zero-order valence-corrected chi connectivity index (χ0v) is 12.6. The van der Waals surface area contributed by atoms with Gasteiger partial charge in [-0.2, -0.15) is 0 Å². The van der Waals surface area contributed by atoms with E-state index in [4.69, 9.17) is 14.2 Å². The van der Waals surface area contributed by atoms with E-state index in [0.717, 1.165) is 0 Å². The van der Waals surface area contributed by atoms with E-state index in [9.17, 15) is 9.59 Å². The molecular formula is C13H26O6. The van der Waals surface area contributed by atoms with Crippen LogP contribution in [0.1, 0.15) is 34.6 Å². The lowest BCUT2D eigenvalue weighted by Gasteiger charge is -2.08. The second-order valence-electron chi connectivity index (χ2n) is 3.29. The fourth-order valence-corrected chi connectivity index (χ4v) is 0.966. The molecule has 0 radical (unpaired) electrons. The Labute approximate surface area is 115 Å². The Balaban J connectivity index is 0. The zero-order valence-electron chi connectivity index (χ0n) is 12.6. The van der Waals surface area contributed by atoms with Crippen molar-refractivity contribution in [3.8, 4) is 0 Å². The molecule has 0 rings (SSSR count). The predicted octanol–water partition coefficient (Wildman–Crippen LogP) is 1.56. The monoisotopic (exact) mass is 278 g/mol. The Hall–Kier alpha value is -1.14. The second kappa shape index (κ2) is 14.9. The molecule has 0 aromatic rings. The first-order chi connectivity index (χ1) is 9.03. The van der Waals surface area contributed by atoms with Gasteiger partial charge < -0.3 is 18.9 Å². The van der Waals surface area contributed by atoms with Crippen LogP contribution in [0, 0.1) is 0 Å². The summed E-state index contributed by atoms with van der Waals surface area (Å²) >= 11 is 0. The van der Waals surface area contributed by atoms with Gasteiger partial charge in [-0.1, -0.05) is 0 Å². The van der Waals surface area contributed by atoms with Gasteiger partial charge in [0, 0.05) is 13.2 Å². The molecule has 19 heavy (non-hydrogen) atoms. The Morgan fingerprint density at radius 1 is 0.895 bits per heavy atom. The topological polar surface area (TPSA) is 71.1 Å². The molecule has 6 heteroatoms. The summed E-state index contributed by atoms with van der Waals surface area (Å²) < 4.78 is 19.0. The van der Waals surface area contributed by atoms with E-state index in [1.165, 1.54) is 0 Å². The van der Waals surface area contributed by atoms with Crippen LogP contribution in [0.3, 0.4) is 0 Å². The number of hydrogen-bond acceptors (Lipinski definition) is 6. The van der Waals surface area contributed by atoms with Gasteiger partial charge >= 0.3 is 11.9 Å². The third kappa shape index (κ3) is 14.8. The summed E-state index contributed by atoms with van der Waals surface area (Å²) in [5.41, 5.74) is 0. The van der Waals surface area contributed by atoms with Gasteiger partial charge in [0.1, 0.15) is 6.61 Å². The maximum atomic E-state index is 10.8. The van der Waals surface area contributed by atoms with Crippen molar-refractivity contribution >= 4 is 11.9 Å². The maximum Gasteiger partial charge on any atom is 0.334 e. The number of esters is 2. The van der Waals surface area contributed by atoms with Crippen LogP contribution in [0.25, 0.3) is 0 Å². The SMILES string of the molecule is CCOC(=O)C(C)OCC.CCOCC(=O)OCC. The minimum atomic E-state index is -0.426. The summed E-state index contributed by atoms with van der Waals surface area (Å²) in [5.74, 6) is -0.580. The molecule has 0 heterocycles. The van der Waals surface area contributed by atoms with Crippen molar-refractivity contribution in [2.24, 2.45) is 0 Å². The standard InChI is InChI=1S/C7H14O3.C6H12O3/c1-4-9-6(3)7(8)10-5-2;1-3-8-5-6(7)9-4-2/h6H,4-5H2,1-3H3;3-5H2,1-2H3. The van der Waals surface area contributed by atoms with Crippen LogP contribution in [-0.2, 0) is 28.5 Å². The first-order valence-electron chi connectivity index (χ1n) is 6.54. The smallest absolute Gasteiger partial charge is 0.334 e. The van der Waals surface area contributed by atoms with Crippen molar-refractivity contribution in [3.05, 3.63) is 0 Å². The highest BCUT2D eigenvalue weighted by Crippen LogP contribution is 1.93. The minimum Gasteiger partial charge on any atom is -0.464 e. The van der Waals surface area contributed by atoms with Crippen molar-refractivity contribution in [2.45, 2.75) is 40.7 Å². The summed E-state index contributed by atoms with van der Waals surface area (Å²) in [7, 11) is 0. The van der Waals surface area contributed by atoms with Crippen LogP contribution in [0.15, 0.2) is 0 Å². The van der Waals surface area contributed by atoms with Gasteiger partial charge in [-0.3, -0.25) is 0 Å². The van der Waals surface area contributed by atoms with Crippen LogP contribution in [-0.4, -0.2) is 51.1 Å². The van der Waals surface area contributed by atoms with Gasteiger partial charge in [-0.25, -0.2) is 9.59 Å². The largest absolute Gasteiger partial charge is 0.464 e. The van der Waals surface area contributed by atoms with Crippen LogP contribution >= 0.6 is 0 Å². The van der Waals surface area contributed by atoms with Gasteiger partial charge in [0.2, 0.25) is 0 Å². The summed E-state index contributed by atoms with van der Waals surface area (Å²) in [6.45, 7) is 10.9. The molecule has 0 spiro atoms. The highest BCUT2D eigenvalue weighted by molar-refractivity contribution is 5.74. The van der Waals surface area contributed by atoms with Crippen molar-refractivity contribution < 1.29 is 28.5 Å². The number of ether oxygens (including phenoxy) is 4. The van der Waals surface area contributed by atoms with E-state index in [-0.39, 0.29) is 18.5 Å². The lowest BCUT2D eigenvalue weighted by molar-refractivity contribution is -0.155. The zero-order chi connectivity index (χ0) is 15.1. The highest BCUT2D eigenvalue weighted by atomic mass is 16.6. The summed E-state index contributed by atoms with van der Waals surface area (Å²) in [6, 6.07) is 0. The third-order valence-electron chi connectivity index (χ3n) is 1.76. The van der Waals surface area contributed by atoms with E-state index in [1.807, 2.05) is 13.8 Å². The van der Waals surface area contributed by atoms with E-state index < -0.39 is 6.10 Å². The maximum absolute atomic E-state index is 10.8. The van der Waals surface area contributed by atoms with Crippen molar-refractivity contribution in [2.75, 3.05) is 33.0 Å². The molecule has 1 atom stereocenters. The van der Waals surface area contributed by atoms with Crippen molar-refractivity contribution in [1.82, 2.24) is 0 Å². The molecule has 0 aliphatic rings. The Bertz CT molecular complexity index is 229. The Morgan fingerprint density at radius 2 is 1.47 bits per heavy atom. The summed E-state index contributed by atoms with van der Waals surface area (Å²) in [6.07, 6.45) is -0.426. The number of carbonyl (C=O) groups is 2. The van der Waals surface area contributed by atoms with Crippen molar-refractivity contribution in [1.29, 1.82) is 0 Å². The highest BCUT2D eigenvalue weighted by Gasteiger charge is 2.12. The van der Waals surface area contributed by atoms with Crippen LogP contribution < -0.4 is 0 Å². The average molecular weight is 278 g/mol. The quantitative estimate of drug-likeness (QED) is 0.627. The van der Waals surface area contributed by atoms with E-state index in [2.05, 4.69) is 4.74 Å². The lowest BCUT2D eigenvalue weighted by atomic mass is 10.4. The molecule has 0 saturated carbocycles. The number of rotatable bonds is 8. The van der Waals surface area contributed by atoms with Gasteiger partial charge in [0.05, 0.1) is 13.2 Å². The Morgan fingerprint density at radius 3 is 1.89 bits per heavy atom. The molecule has 114 valence electrons. The number of carbonyl (C=O) groups excluding carboxylic acids is 2. The van der Waals surface area contributed by atoms with E-state index in [1.54, 1.807) is 20.8 Å². The average Bonchev–Trinajstić information content (AvgIpc) is 2.38.